The first kappa shape index (κ1) is 17.1. The Hall–Kier alpha value is -0.950. The van der Waals surface area contributed by atoms with E-state index in [4.69, 9.17) is 9.47 Å². The lowest BCUT2D eigenvalue weighted by Gasteiger charge is -2.18. The normalized spacial score (nSPS) is 12.1. The van der Waals surface area contributed by atoms with Crippen LogP contribution in [0.2, 0.25) is 0 Å². The van der Waals surface area contributed by atoms with Crippen LogP contribution in [0.3, 0.4) is 0 Å². The van der Waals surface area contributed by atoms with Crippen LogP contribution in [0.4, 0.5) is 0 Å². The van der Waals surface area contributed by atoms with E-state index in [2.05, 4.69) is 4.72 Å². The Bertz CT molecular complexity index is 522. The number of sulfonamides is 1. The summed E-state index contributed by atoms with van der Waals surface area (Å²) in [6, 6.07) is 5.35. The summed E-state index contributed by atoms with van der Waals surface area (Å²) < 4.78 is 37.8. The van der Waals surface area contributed by atoms with Gasteiger partial charge in [-0.25, -0.2) is 13.1 Å². The van der Waals surface area contributed by atoms with Gasteiger partial charge >= 0.3 is 0 Å². The van der Waals surface area contributed by atoms with Crippen molar-refractivity contribution in [3.05, 3.63) is 29.3 Å². The lowest BCUT2D eigenvalue weighted by molar-refractivity contribution is -0.130. The zero-order valence-corrected chi connectivity index (χ0v) is 13.3. The maximum absolute atomic E-state index is 12.3. The third-order valence-electron chi connectivity index (χ3n) is 2.78. The Balaban J connectivity index is 2.81. The van der Waals surface area contributed by atoms with Crippen LogP contribution in [0.1, 0.15) is 25.0 Å². The van der Waals surface area contributed by atoms with Crippen molar-refractivity contribution in [2.24, 2.45) is 0 Å². The van der Waals surface area contributed by atoms with E-state index in [1.165, 1.54) is 0 Å². The van der Waals surface area contributed by atoms with E-state index in [9.17, 15) is 8.42 Å². The molecule has 5 nitrogen and oxygen atoms in total. The van der Waals surface area contributed by atoms with Crippen LogP contribution in [-0.4, -0.2) is 34.5 Å². The number of benzene rings is 1. The third-order valence-corrected chi connectivity index (χ3v) is 4.34. The molecule has 0 saturated heterocycles. The first-order valence-corrected chi connectivity index (χ1v) is 8.19. The molecular weight excluding hydrogens is 278 g/mol. The molecule has 114 valence electrons. The van der Waals surface area contributed by atoms with E-state index in [-0.39, 0.29) is 6.54 Å². The fourth-order valence-electron chi connectivity index (χ4n) is 1.79. The Labute approximate surface area is 121 Å². The number of nitrogens with one attached hydrogen (secondary N) is 1. The van der Waals surface area contributed by atoms with Crippen molar-refractivity contribution in [1.82, 2.24) is 4.72 Å². The quantitative estimate of drug-likeness (QED) is 0.746. The van der Waals surface area contributed by atoms with Gasteiger partial charge in [0.15, 0.2) is 6.29 Å². The smallest absolute Gasteiger partial charge is 0.241 e. The van der Waals surface area contributed by atoms with Crippen LogP contribution in [0.5, 0.6) is 0 Å². The van der Waals surface area contributed by atoms with E-state index in [0.717, 1.165) is 5.56 Å². The average Bonchev–Trinajstić information content (AvgIpc) is 2.39. The molecule has 0 bridgehead atoms. The van der Waals surface area contributed by atoms with Gasteiger partial charge in [-0.1, -0.05) is 12.1 Å². The van der Waals surface area contributed by atoms with Crippen LogP contribution < -0.4 is 4.72 Å². The molecule has 0 fully saturated rings. The van der Waals surface area contributed by atoms with Crippen LogP contribution in [0, 0.1) is 13.8 Å². The number of hydrogen-bond acceptors (Lipinski definition) is 4. The number of rotatable bonds is 8. The van der Waals surface area contributed by atoms with Gasteiger partial charge in [-0.15, -0.1) is 0 Å². The molecule has 0 aliphatic carbocycles. The summed E-state index contributed by atoms with van der Waals surface area (Å²) in [6.45, 7) is 8.35. The molecule has 0 heterocycles. The molecule has 1 rings (SSSR count). The molecule has 0 aromatic heterocycles. The molecule has 0 aliphatic rings. The molecule has 6 heteroatoms. The standard InChI is InChI=1S/C14H23NO4S/c1-5-18-14(19-6-2)10-15-20(16,17)13-9-11(3)7-8-12(13)4/h7-9,14-15H,5-6,10H2,1-4H3. The summed E-state index contributed by atoms with van der Waals surface area (Å²) in [5.41, 5.74) is 1.62. The minimum absolute atomic E-state index is 0.0946. The van der Waals surface area contributed by atoms with Crippen molar-refractivity contribution < 1.29 is 17.9 Å². The van der Waals surface area contributed by atoms with Crippen LogP contribution in [-0.2, 0) is 19.5 Å². The first-order chi connectivity index (χ1) is 9.40. The zero-order chi connectivity index (χ0) is 15.2. The van der Waals surface area contributed by atoms with Crippen molar-refractivity contribution in [2.45, 2.75) is 38.9 Å². The maximum Gasteiger partial charge on any atom is 0.241 e. The second kappa shape index (κ2) is 7.73. The lowest BCUT2D eigenvalue weighted by atomic mass is 10.2. The molecule has 1 N–H and O–H groups in total. The zero-order valence-electron chi connectivity index (χ0n) is 12.5. The highest BCUT2D eigenvalue weighted by Gasteiger charge is 2.19. The highest BCUT2D eigenvalue weighted by atomic mass is 32.2. The molecule has 1 aromatic rings. The summed E-state index contributed by atoms with van der Waals surface area (Å²) in [6.07, 6.45) is -0.565. The monoisotopic (exact) mass is 301 g/mol. The minimum Gasteiger partial charge on any atom is -0.352 e. The van der Waals surface area contributed by atoms with Crippen molar-refractivity contribution in [3.63, 3.8) is 0 Å². The Kier molecular flexibility index (Phi) is 6.61. The van der Waals surface area contributed by atoms with Gasteiger partial charge in [0.05, 0.1) is 11.4 Å². The van der Waals surface area contributed by atoms with Gasteiger partial charge in [-0.05, 0) is 44.9 Å². The van der Waals surface area contributed by atoms with Gasteiger partial charge in [0.2, 0.25) is 10.0 Å². The van der Waals surface area contributed by atoms with Gasteiger partial charge in [-0.2, -0.15) is 0 Å². The van der Waals surface area contributed by atoms with E-state index in [0.29, 0.717) is 23.7 Å². The predicted molar refractivity (Wildman–Crippen MR) is 78.1 cm³/mol. The van der Waals surface area contributed by atoms with Crippen molar-refractivity contribution in [3.8, 4) is 0 Å². The second-order valence-corrected chi connectivity index (χ2v) is 6.20. The first-order valence-electron chi connectivity index (χ1n) is 6.70. The third kappa shape index (κ3) is 4.86. The largest absolute Gasteiger partial charge is 0.352 e. The Morgan fingerprint density at radius 1 is 1.15 bits per heavy atom. The molecule has 1 aromatic carbocycles. The summed E-state index contributed by atoms with van der Waals surface area (Å²) >= 11 is 0. The summed E-state index contributed by atoms with van der Waals surface area (Å²) in [4.78, 5) is 0.296. The molecular formula is C14H23NO4S. The highest BCUT2D eigenvalue weighted by Crippen LogP contribution is 2.16. The molecule has 0 amide bonds. The number of hydrogen-bond donors (Lipinski definition) is 1. The number of ether oxygens (including phenoxy) is 2. The van der Waals surface area contributed by atoms with Crippen molar-refractivity contribution >= 4 is 10.0 Å². The summed E-state index contributed by atoms with van der Waals surface area (Å²) in [5, 5.41) is 0. The van der Waals surface area contributed by atoms with Gasteiger partial charge < -0.3 is 9.47 Å². The average molecular weight is 301 g/mol. The van der Waals surface area contributed by atoms with Gasteiger partial charge in [0, 0.05) is 13.2 Å². The maximum atomic E-state index is 12.3. The van der Waals surface area contributed by atoms with Crippen molar-refractivity contribution in [1.29, 1.82) is 0 Å². The van der Waals surface area contributed by atoms with E-state index in [1.54, 1.807) is 19.1 Å². The fraction of sp³-hybridized carbons (Fsp3) is 0.571. The number of aryl methyl sites for hydroxylation is 2. The van der Waals surface area contributed by atoms with Gasteiger partial charge in [0.25, 0.3) is 0 Å². The van der Waals surface area contributed by atoms with E-state index in [1.807, 2.05) is 26.8 Å². The van der Waals surface area contributed by atoms with Crippen LogP contribution >= 0.6 is 0 Å². The van der Waals surface area contributed by atoms with Crippen molar-refractivity contribution in [2.75, 3.05) is 19.8 Å². The Morgan fingerprint density at radius 3 is 2.30 bits per heavy atom. The molecule has 0 aliphatic heterocycles. The SMILES string of the molecule is CCOC(CNS(=O)(=O)c1cc(C)ccc1C)OCC. The molecule has 0 radical (unpaired) electrons. The van der Waals surface area contributed by atoms with E-state index >= 15 is 0 Å². The summed E-state index contributed by atoms with van der Waals surface area (Å²) in [5.74, 6) is 0. The summed E-state index contributed by atoms with van der Waals surface area (Å²) in [7, 11) is -3.56. The topological polar surface area (TPSA) is 64.6 Å². The Morgan fingerprint density at radius 2 is 1.75 bits per heavy atom. The lowest BCUT2D eigenvalue weighted by Crippen LogP contribution is -2.35. The highest BCUT2D eigenvalue weighted by molar-refractivity contribution is 7.89. The predicted octanol–water partition coefficient (Wildman–Crippen LogP) is 1.98. The minimum atomic E-state index is -3.56. The fourth-order valence-corrected chi connectivity index (χ4v) is 3.13. The molecule has 0 atom stereocenters. The van der Waals surface area contributed by atoms with E-state index < -0.39 is 16.3 Å². The van der Waals surface area contributed by atoms with Crippen LogP contribution in [0.15, 0.2) is 23.1 Å². The van der Waals surface area contributed by atoms with Gasteiger partial charge in [0.1, 0.15) is 0 Å². The van der Waals surface area contributed by atoms with Gasteiger partial charge in [-0.3, -0.25) is 0 Å². The molecule has 20 heavy (non-hydrogen) atoms. The van der Waals surface area contributed by atoms with Crippen LogP contribution in [0.25, 0.3) is 0 Å². The second-order valence-electron chi connectivity index (χ2n) is 4.46. The molecule has 0 unspecified atom stereocenters. The molecule has 0 saturated carbocycles. The molecule has 0 spiro atoms.